The van der Waals surface area contributed by atoms with Crippen molar-refractivity contribution in [3.05, 3.63) is 5.82 Å². The second-order valence-electron chi connectivity index (χ2n) is 2.82. The van der Waals surface area contributed by atoms with Crippen LogP contribution in [0.15, 0.2) is 5.16 Å². The van der Waals surface area contributed by atoms with Crippen molar-refractivity contribution in [1.82, 2.24) is 20.1 Å². The number of aromatic nitrogens is 3. The fourth-order valence-electron chi connectivity index (χ4n) is 1.14. The highest BCUT2D eigenvalue weighted by Crippen LogP contribution is 2.21. The fraction of sp³-hybridized carbons (Fsp3) is 0.625. The minimum Gasteiger partial charge on any atom is -0.337 e. The van der Waals surface area contributed by atoms with Crippen LogP contribution in [0.5, 0.6) is 0 Å². The predicted molar refractivity (Wildman–Crippen MR) is 55.5 cm³/mol. The van der Waals surface area contributed by atoms with Crippen LogP contribution in [0.1, 0.15) is 24.5 Å². The van der Waals surface area contributed by atoms with Gasteiger partial charge in [0.1, 0.15) is 0 Å². The number of thioether (sulfide) groups is 1. The van der Waals surface area contributed by atoms with E-state index in [0.29, 0.717) is 13.1 Å². The molecule has 0 aliphatic rings. The summed E-state index contributed by atoms with van der Waals surface area (Å²) in [6, 6.07) is 0. The van der Waals surface area contributed by atoms with Crippen molar-refractivity contribution in [2.45, 2.75) is 24.8 Å². The van der Waals surface area contributed by atoms with E-state index < -0.39 is 5.76 Å². The number of aromatic amines is 1. The van der Waals surface area contributed by atoms with Gasteiger partial charge in [-0.25, -0.2) is 0 Å². The molecule has 0 atom stereocenters. The third-order valence-corrected chi connectivity index (χ3v) is 2.48. The van der Waals surface area contributed by atoms with Gasteiger partial charge in [-0.3, -0.25) is 9.89 Å². The minimum atomic E-state index is -2.59. The number of alkyl halides is 2. The number of hydrogen-bond donors (Lipinski definition) is 1. The average molecular weight is 250 g/mol. The summed E-state index contributed by atoms with van der Waals surface area (Å²) in [7, 11) is 0. The molecule has 8 heteroatoms. The van der Waals surface area contributed by atoms with Crippen LogP contribution in [-0.2, 0) is 0 Å². The zero-order chi connectivity index (χ0) is 12.1. The maximum atomic E-state index is 12.0. The van der Waals surface area contributed by atoms with Gasteiger partial charge in [0, 0.05) is 13.1 Å². The summed E-state index contributed by atoms with van der Waals surface area (Å²) < 4.78 is 24.0. The van der Waals surface area contributed by atoms with Crippen molar-refractivity contribution in [1.29, 1.82) is 0 Å². The zero-order valence-corrected chi connectivity index (χ0v) is 9.72. The van der Waals surface area contributed by atoms with Crippen LogP contribution in [0.4, 0.5) is 8.78 Å². The summed E-state index contributed by atoms with van der Waals surface area (Å²) in [4.78, 5) is 16.9. The first-order chi connectivity index (χ1) is 7.58. The second-order valence-corrected chi connectivity index (χ2v) is 3.78. The molecule has 0 fully saturated rings. The van der Waals surface area contributed by atoms with Gasteiger partial charge < -0.3 is 4.90 Å². The van der Waals surface area contributed by atoms with Crippen LogP contribution >= 0.6 is 11.8 Å². The van der Waals surface area contributed by atoms with Crippen LogP contribution in [0.25, 0.3) is 0 Å². The number of carbonyl (C=O) groups excluding carboxylic acids is 1. The van der Waals surface area contributed by atoms with Crippen LogP contribution < -0.4 is 0 Å². The summed E-state index contributed by atoms with van der Waals surface area (Å²) in [5.74, 6) is -2.93. The maximum absolute atomic E-state index is 12.0. The number of halogens is 2. The Hall–Kier alpha value is -1.18. The van der Waals surface area contributed by atoms with E-state index in [1.165, 1.54) is 4.90 Å². The second kappa shape index (κ2) is 5.78. The van der Waals surface area contributed by atoms with E-state index in [2.05, 4.69) is 15.2 Å². The van der Waals surface area contributed by atoms with Gasteiger partial charge in [-0.2, -0.15) is 13.8 Å². The topological polar surface area (TPSA) is 61.9 Å². The molecule has 0 aromatic carbocycles. The Bertz CT molecular complexity index is 354. The van der Waals surface area contributed by atoms with E-state index in [1.807, 2.05) is 13.8 Å². The van der Waals surface area contributed by atoms with E-state index in [-0.39, 0.29) is 28.6 Å². The van der Waals surface area contributed by atoms with Gasteiger partial charge in [-0.15, -0.1) is 5.10 Å². The Balaban J connectivity index is 2.73. The van der Waals surface area contributed by atoms with E-state index >= 15 is 0 Å². The molecule has 0 aliphatic heterocycles. The summed E-state index contributed by atoms with van der Waals surface area (Å²) in [5.41, 5.74) is 0. The van der Waals surface area contributed by atoms with Crippen LogP contribution in [0, 0.1) is 0 Å². The Morgan fingerprint density at radius 2 is 2.12 bits per heavy atom. The molecule has 0 saturated carbocycles. The molecule has 1 amide bonds. The van der Waals surface area contributed by atoms with Gasteiger partial charge in [-0.05, 0) is 25.6 Å². The van der Waals surface area contributed by atoms with Gasteiger partial charge >= 0.3 is 0 Å². The molecule has 0 spiro atoms. The standard InChI is InChI=1S/C8H12F2N4OS/c1-3-14(4-2)6(15)5-11-8(13-12-5)16-7(9)10/h7H,3-4H2,1-2H3,(H,11,12,13). The normalized spacial score (nSPS) is 10.8. The van der Waals surface area contributed by atoms with Crippen molar-refractivity contribution in [2.24, 2.45) is 0 Å². The van der Waals surface area contributed by atoms with E-state index in [4.69, 9.17) is 0 Å². The Morgan fingerprint density at radius 1 is 1.50 bits per heavy atom. The lowest BCUT2D eigenvalue weighted by Crippen LogP contribution is -2.31. The predicted octanol–water partition coefficient (Wildman–Crippen LogP) is 1.60. The van der Waals surface area contributed by atoms with Gasteiger partial charge in [0.15, 0.2) is 0 Å². The van der Waals surface area contributed by atoms with Crippen LogP contribution in [-0.4, -0.2) is 44.8 Å². The smallest absolute Gasteiger partial charge is 0.291 e. The Labute approximate surface area is 95.6 Å². The van der Waals surface area contributed by atoms with Crippen molar-refractivity contribution in [3.8, 4) is 0 Å². The lowest BCUT2D eigenvalue weighted by atomic mass is 10.4. The van der Waals surface area contributed by atoms with Gasteiger partial charge in [0.05, 0.1) is 0 Å². The third-order valence-electron chi connectivity index (χ3n) is 1.91. The average Bonchev–Trinajstić information content (AvgIpc) is 2.67. The number of amides is 1. The molecule has 1 aromatic heterocycles. The van der Waals surface area contributed by atoms with Crippen molar-refractivity contribution in [2.75, 3.05) is 13.1 Å². The van der Waals surface area contributed by atoms with Gasteiger partial charge in [0.25, 0.3) is 11.7 Å². The molecule has 1 rings (SSSR count). The van der Waals surface area contributed by atoms with Gasteiger partial charge in [0.2, 0.25) is 11.0 Å². The van der Waals surface area contributed by atoms with Crippen LogP contribution in [0.3, 0.4) is 0 Å². The van der Waals surface area contributed by atoms with Crippen molar-refractivity contribution < 1.29 is 13.6 Å². The third kappa shape index (κ3) is 3.16. The fourth-order valence-corrected chi connectivity index (χ4v) is 1.54. The molecule has 1 aromatic rings. The summed E-state index contributed by atoms with van der Waals surface area (Å²) in [5, 5.41) is 5.76. The highest BCUT2D eigenvalue weighted by Gasteiger charge is 2.18. The molecule has 1 N–H and O–H groups in total. The number of nitrogens with zero attached hydrogens (tertiary/aromatic N) is 3. The molecule has 90 valence electrons. The Morgan fingerprint density at radius 3 is 2.62 bits per heavy atom. The molecular formula is C8H12F2N4OS. The quantitative estimate of drug-likeness (QED) is 0.806. The summed E-state index contributed by atoms with van der Waals surface area (Å²) in [6.07, 6.45) is 0. The first-order valence-electron chi connectivity index (χ1n) is 4.75. The van der Waals surface area contributed by atoms with Crippen molar-refractivity contribution in [3.63, 3.8) is 0 Å². The maximum Gasteiger partial charge on any atom is 0.291 e. The molecule has 1 heterocycles. The Kier molecular flexibility index (Phi) is 4.66. The van der Waals surface area contributed by atoms with E-state index in [1.54, 1.807) is 0 Å². The number of carbonyl (C=O) groups is 1. The first kappa shape index (κ1) is 12.9. The lowest BCUT2D eigenvalue weighted by Gasteiger charge is -2.16. The van der Waals surface area contributed by atoms with Crippen molar-refractivity contribution >= 4 is 17.7 Å². The number of H-pyrrole nitrogens is 1. The molecule has 16 heavy (non-hydrogen) atoms. The summed E-state index contributed by atoms with van der Waals surface area (Å²) >= 11 is 0.206. The van der Waals surface area contributed by atoms with Gasteiger partial charge in [-0.1, -0.05) is 0 Å². The monoisotopic (exact) mass is 250 g/mol. The largest absolute Gasteiger partial charge is 0.337 e. The lowest BCUT2D eigenvalue weighted by molar-refractivity contribution is 0.0761. The first-order valence-corrected chi connectivity index (χ1v) is 5.62. The molecule has 0 aliphatic carbocycles. The highest BCUT2D eigenvalue weighted by molar-refractivity contribution is 7.99. The number of hydrogen-bond acceptors (Lipinski definition) is 4. The summed E-state index contributed by atoms with van der Waals surface area (Å²) in [6.45, 7) is 4.72. The van der Waals surface area contributed by atoms with Crippen LogP contribution in [0.2, 0.25) is 0 Å². The number of nitrogens with one attached hydrogen (secondary N) is 1. The number of rotatable bonds is 5. The molecule has 5 nitrogen and oxygen atoms in total. The van der Waals surface area contributed by atoms with E-state index in [9.17, 15) is 13.6 Å². The highest BCUT2D eigenvalue weighted by atomic mass is 32.2. The molecule has 0 radical (unpaired) electrons. The van der Waals surface area contributed by atoms with E-state index in [0.717, 1.165) is 0 Å². The molecular weight excluding hydrogens is 238 g/mol. The zero-order valence-electron chi connectivity index (χ0n) is 8.91. The minimum absolute atomic E-state index is 0.00755. The molecule has 0 unspecified atom stereocenters. The molecule has 0 bridgehead atoms. The SMILES string of the molecule is CCN(CC)C(=O)c1nc(SC(F)F)n[nH]1. The molecule has 0 saturated heterocycles.